The van der Waals surface area contributed by atoms with Crippen LogP contribution in [0.15, 0.2) is 48.5 Å². The van der Waals surface area contributed by atoms with Crippen molar-refractivity contribution < 1.29 is 32.7 Å². The summed E-state index contributed by atoms with van der Waals surface area (Å²) in [6.07, 6.45) is -3.10. The van der Waals surface area contributed by atoms with Crippen molar-refractivity contribution in [3.63, 3.8) is 0 Å². The highest BCUT2D eigenvalue weighted by molar-refractivity contribution is 5.99. The number of alkyl halides is 3. The molecule has 0 radical (unpaired) electrons. The second-order valence-electron chi connectivity index (χ2n) is 9.87. The van der Waals surface area contributed by atoms with Crippen molar-refractivity contribution >= 4 is 35.3 Å². The van der Waals surface area contributed by atoms with Crippen LogP contribution < -0.4 is 10.6 Å². The maximum absolute atomic E-state index is 13.8. The minimum atomic E-state index is -4.65. The van der Waals surface area contributed by atoms with Crippen LogP contribution in [-0.4, -0.2) is 101 Å². The van der Waals surface area contributed by atoms with Gasteiger partial charge in [-0.2, -0.15) is 13.2 Å². The molecule has 0 saturated carbocycles. The van der Waals surface area contributed by atoms with E-state index < -0.39 is 49.8 Å². The van der Waals surface area contributed by atoms with Gasteiger partial charge < -0.3 is 35.8 Å². The molecular formula is C27H31F3N6O4. The molecule has 0 aromatic heterocycles. The standard InChI is InChI=1S/C27H31F3N6O4/c28-27(29,30)17-34(12-13-37)23(38)16-35-18-36(21-4-2-1-3-5-21)26(25(35)40)8-10-33(11-9-26)24(39)19-6-7-22(32)20(14-19)15-31/h1-7,14-15,31,37H,8-13,16-18,32H2. The molecule has 2 aliphatic rings. The van der Waals surface area contributed by atoms with Crippen molar-refractivity contribution in [1.29, 1.82) is 5.41 Å². The molecule has 0 unspecified atom stereocenters. The van der Waals surface area contributed by atoms with Crippen LogP contribution in [0.4, 0.5) is 24.5 Å². The number of rotatable bonds is 8. The van der Waals surface area contributed by atoms with Crippen molar-refractivity contribution in [2.45, 2.75) is 24.6 Å². The zero-order valence-corrected chi connectivity index (χ0v) is 21.7. The number of nitrogens with zero attached hydrogens (tertiary/aromatic N) is 4. The molecule has 1 spiro atoms. The number of halogens is 3. The maximum atomic E-state index is 13.8. The molecule has 4 rings (SSSR count). The molecule has 2 aromatic carbocycles. The molecule has 2 heterocycles. The molecule has 10 nitrogen and oxygen atoms in total. The van der Waals surface area contributed by atoms with Gasteiger partial charge in [-0.05, 0) is 43.2 Å². The fourth-order valence-electron chi connectivity index (χ4n) is 5.31. The second kappa shape index (κ2) is 11.5. The number of nitrogens with two attached hydrogens (primary N) is 1. The average molecular weight is 561 g/mol. The summed E-state index contributed by atoms with van der Waals surface area (Å²) in [6, 6.07) is 13.7. The summed E-state index contributed by atoms with van der Waals surface area (Å²) in [5.74, 6) is -1.58. The Labute approximate surface area is 229 Å². The van der Waals surface area contributed by atoms with Crippen LogP contribution in [0.25, 0.3) is 0 Å². The van der Waals surface area contributed by atoms with Crippen molar-refractivity contribution in [1.82, 2.24) is 14.7 Å². The first-order valence-corrected chi connectivity index (χ1v) is 12.8. The normalized spacial score (nSPS) is 16.9. The predicted molar refractivity (Wildman–Crippen MR) is 142 cm³/mol. The summed E-state index contributed by atoms with van der Waals surface area (Å²) < 4.78 is 39.1. The lowest BCUT2D eigenvalue weighted by Gasteiger charge is -2.43. The van der Waals surface area contributed by atoms with Gasteiger partial charge in [0.2, 0.25) is 5.91 Å². The summed E-state index contributed by atoms with van der Waals surface area (Å²) in [6.45, 7) is -2.80. The SMILES string of the molecule is N=Cc1cc(C(=O)N2CCC3(CC2)C(=O)N(CC(=O)N(CCO)CC(F)(F)F)CN3c2ccccc2)ccc1N. The molecule has 0 aliphatic carbocycles. The van der Waals surface area contributed by atoms with E-state index in [2.05, 4.69) is 0 Å². The smallest absolute Gasteiger partial charge is 0.398 e. The predicted octanol–water partition coefficient (Wildman–Crippen LogP) is 1.93. The third-order valence-electron chi connectivity index (χ3n) is 7.37. The summed E-state index contributed by atoms with van der Waals surface area (Å²) in [7, 11) is 0. The number of nitrogen functional groups attached to an aromatic ring is 1. The minimum Gasteiger partial charge on any atom is -0.398 e. The number of amides is 3. The van der Waals surface area contributed by atoms with E-state index in [0.29, 0.717) is 27.4 Å². The highest BCUT2D eigenvalue weighted by Gasteiger charge is 2.54. The first-order chi connectivity index (χ1) is 19.0. The largest absolute Gasteiger partial charge is 0.406 e. The molecule has 40 heavy (non-hydrogen) atoms. The number of carbonyl (C=O) groups excluding carboxylic acids is 3. The molecule has 2 fully saturated rings. The van der Waals surface area contributed by atoms with E-state index in [1.807, 2.05) is 23.1 Å². The van der Waals surface area contributed by atoms with Gasteiger partial charge in [0, 0.05) is 48.4 Å². The first kappa shape index (κ1) is 28.9. The first-order valence-electron chi connectivity index (χ1n) is 12.8. The summed E-state index contributed by atoms with van der Waals surface area (Å²) in [5, 5.41) is 16.7. The molecule has 3 amide bonds. The Morgan fingerprint density at radius 2 is 1.80 bits per heavy atom. The van der Waals surface area contributed by atoms with E-state index >= 15 is 0 Å². The third kappa shape index (κ3) is 5.88. The minimum absolute atomic E-state index is 0.0117. The molecule has 0 bridgehead atoms. The highest BCUT2D eigenvalue weighted by atomic mass is 19.4. The number of aliphatic hydroxyl groups is 1. The highest BCUT2D eigenvalue weighted by Crippen LogP contribution is 2.39. The monoisotopic (exact) mass is 560 g/mol. The molecule has 2 aliphatic heterocycles. The number of benzene rings is 2. The number of anilines is 2. The van der Waals surface area contributed by atoms with Crippen LogP contribution in [0.5, 0.6) is 0 Å². The van der Waals surface area contributed by atoms with E-state index in [1.54, 1.807) is 35.2 Å². The van der Waals surface area contributed by atoms with E-state index in [1.165, 1.54) is 4.90 Å². The van der Waals surface area contributed by atoms with Crippen LogP contribution in [0.3, 0.4) is 0 Å². The Kier molecular flexibility index (Phi) is 8.33. The van der Waals surface area contributed by atoms with Gasteiger partial charge in [0.05, 0.1) is 13.3 Å². The molecule has 214 valence electrons. The quantitative estimate of drug-likeness (QED) is 0.334. The van der Waals surface area contributed by atoms with Crippen molar-refractivity contribution in [3.05, 3.63) is 59.7 Å². The molecule has 4 N–H and O–H groups in total. The third-order valence-corrected chi connectivity index (χ3v) is 7.37. The van der Waals surface area contributed by atoms with Gasteiger partial charge in [0.25, 0.3) is 11.8 Å². The summed E-state index contributed by atoms with van der Waals surface area (Å²) in [5.41, 5.74) is 6.61. The number of hydrogen-bond donors (Lipinski definition) is 3. The lowest BCUT2D eigenvalue weighted by molar-refractivity contribution is -0.163. The fourth-order valence-corrected chi connectivity index (χ4v) is 5.31. The van der Waals surface area contributed by atoms with Crippen LogP contribution in [-0.2, 0) is 9.59 Å². The Balaban J connectivity index is 1.55. The molecule has 2 aromatic rings. The zero-order valence-electron chi connectivity index (χ0n) is 21.7. The van der Waals surface area contributed by atoms with Crippen molar-refractivity contribution in [2.24, 2.45) is 0 Å². The van der Waals surface area contributed by atoms with Gasteiger partial charge in [0.15, 0.2) is 0 Å². The molecule has 2 saturated heterocycles. The van der Waals surface area contributed by atoms with E-state index in [9.17, 15) is 32.7 Å². The number of nitrogens with one attached hydrogen (secondary N) is 1. The fraction of sp³-hybridized carbons (Fsp3) is 0.407. The van der Waals surface area contributed by atoms with Crippen LogP contribution in [0, 0.1) is 5.41 Å². The second-order valence-corrected chi connectivity index (χ2v) is 9.87. The molecule has 13 heteroatoms. The number of likely N-dealkylation sites (tertiary alicyclic amines) is 1. The average Bonchev–Trinajstić information content (AvgIpc) is 3.19. The number of para-hydroxylation sites is 1. The Morgan fingerprint density at radius 3 is 2.40 bits per heavy atom. The maximum Gasteiger partial charge on any atom is 0.406 e. The number of hydrogen-bond acceptors (Lipinski definition) is 7. The number of aliphatic hydroxyl groups excluding tert-OH is 1. The van der Waals surface area contributed by atoms with Crippen LogP contribution in [0.1, 0.15) is 28.8 Å². The number of piperidine rings is 1. The van der Waals surface area contributed by atoms with Gasteiger partial charge >= 0.3 is 6.18 Å². The molecule has 0 atom stereocenters. The zero-order chi connectivity index (χ0) is 29.1. The lowest BCUT2D eigenvalue weighted by atomic mass is 9.85. The van der Waals surface area contributed by atoms with Crippen LogP contribution in [0.2, 0.25) is 0 Å². The van der Waals surface area contributed by atoms with E-state index in [-0.39, 0.29) is 38.5 Å². The molecular weight excluding hydrogens is 529 g/mol. The van der Waals surface area contributed by atoms with Gasteiger partial charge in [-0.15, -0.1) is 0 Å². The van der Waals surface area contributed by atoms with Crippen molar-refractivity contribution in [3.8, 4) is 0 Å². The summed E-state index contributed by atoms with van der Waals surface area (Å²) in [4.78, 5) is 45.1. The topological polar surface area (TPSA) is 134 Å². The van der Waals surface area contributed by atoms with Gasteiger partial charge in [0.1, 0.15) is 18.6 Å². The van der Waals surface area contributed by atoms with Gasteiger partial charge in [-0.25, -0.2) is 0 Å². The van der Waals surface area contributed by atoms with Gasteiger partial charge in [-0.1, -0.05) is 18.2 Å². The Morgan fingerprint density at radius 1 is 1.12 bits per heavy atom. The lowest BCUT2D eigenvalue weighted by Crippen LogP contribution is -2.57. The summed E-state index contributed by atoms with van der Waals surface area (Å²) >= 11 is 0. The Bertz CT molecular complexity index is 1260. The van der Waals surface area contributed by atoms with Crippen LogP contribution >= 0.6 is 0 Å². The Hall–Kier alpha value is -4.13. The van der Waals surface area contributed by atoms with E-state index in [4.69, 9.17) is 11.1 Å². The number of carbonyl (C=O) groups is 3. The van der Waals surface area contributed by atoms with Gasteiger partial charge in [-0.3, -0.25) is 14.4 Å². The van der Waals surface area contributed by atoms with E-state index in [0.717, 1.165) is 6.21 Å². The van der Waals surface area contributed by atoms with Crippen molar-refractivity contribution in [2.75, 3.05) is 56.6 Å².